The summed E-state index contributed by atoms with van der Waals surface area (Å²) in [6.45, 7) is 7.31. The standard InChI is InChI=1S/C56H75N3O10/c1-4-6-7-8-9-10-11-12-16-25-52(62)59(38-41-26-28-49-50(33-41)66-39-65-49)51-36-47(58-64-3)45-34-42(23-17-19-30-60)44(24-18-20-31-61)53-46-35-43(68-55(63)57-37-40-21-14-13-15-22-40)27-29-48(46)69-56(51,54(45)53)67-32-5-2/h5,13-15,21-22,26-29,33-35,42,44,51,53-54,60-61H,2,4,6-12,16-20,23-25,30-32,36-39H2,1,3H3,(H,57,63). The minimum atomic E-state index is -1.43. The lowest BCUT2D eigenvalue weighted by Crippen LogP contribution is -2.70. The van der Waals surface area contributed by atoms with Crippen LogP contribution in [-0.2, 0) is 27.5 Å². The topological polar surface area (TPSA) is 158 Å². The molecule has 0 bridgehead atoms. The number of oxime groups is 1. The lowest BCUT2D eigenvalue weighted by molar-refractivity contribution is -0.258. The van der Waals surface area contributed by atoms with Gasteiger partial charge in [-0.05, 0) is 91.0 Å². The average Bonchev–Trinajstić information content (AvgIpc) is 3.84. The van der Waals surface area contributed by atoms with Crippen molar-refractivity contribution < 1.29 is 48.3 Å². The molecule has 3 aromatic carbocycles. The van der Waals surface area contributed by atoms with Gasteiger partial charge in [-0.15, -0.1) is 6.58 Å². The van der Waals surface area contributed by atoms with Crippen molar-refractivity contribution in [3.8, 4) is 23.0 Å². The van der Waals surface area contributed by atoms with Crippen LogP contribution >= 0.6 is 0 Å². The number of carbonyl (C=O) groups is 2. The highest BCUT2D eigenvalue weighted by Crippen LogP contribution is 2.62. The number of aliphatic hydroxyl groups is 2. The maximum atomic E-state index is 15.2. The summed E-state index contributed by atoms with van der Waals surface area (Å²) < 4.78 is 32.1. The van der Waals surface area contributed by atoms with E-state index in [1.54, 1.807) is 19.3 Å². The number of ether oxygens (including phenoxy) is 5. The van der Waals surface area contributed by atoms with Crippen LogP contribution in [0.1, 0.15) is 139 Å². The van der Waals surface area contributed by atoms with E-state index in [0.717, 1.165) is 73.6 Å². The number of unbranched alkanes of at least 4 members (excludes halogenated alkanes) is 10. The number of nitrogens with one attached hydrogen (secondary N) is 1. The summed E-state index contributed by atoms with van der Waals surface area (Å²) in [6, 6.07) is 20.3. The molecule has 0 spiro atoms. The largest absolute Gasteiger partial charge is 0.459 e. The summed E-state index contributed by atoms with van der Waals surface area (Å²) >= 11 is 0. The van der Waals surface area contributed by atoms with Crippen molar-refractivity contribution in [3.63, 3.8) is 0 Å². The first-order chi connectivity index (χ1) is 33.8. The van der Waals surface area contributed by atoms with Gasteiger partial charge in [-0.25, -0.2) is 4.79 Å². The Bertz CT molecular complexity index is 2200. The minimum absolute atomic E-state index is 0.00281. The predicted octanol–water partition coefficient (Wildman–Crippen LogP) is 10.9. The molecule has 0 saturated heterocycles. The predicted molar refractivity (Wildman–Crippen MR) is 266 cm³/mol. The lowest BCUT2D eigenvalue weighted by Gasteiger charge is -2.60. The van der Waals surface area contributed by atoms with Gasteiger partial charge in [0.05, 0.1) is 18.2 Å². The molecule has 0 aromatic heterocycles. The van der Waals surface area contributed by atoms with Crippen molar-refractivity contribution in [3.05, 3.63) is 108 Å². The second kappa shape index (κ2) is 26.0. The third-order valence-electron chi connectivity index (χ3n) is 14.3. The number of nitrogens with zero attached hydrogens (tertiary/aromatic N) is 2. The minimum Gasteiger partial charge on any atom is -0.459 e. The summed E-state index contributed by atoms with van der Waals surface area (Å²) in [5, 5.41) is 27.6. The fraction of sp³-hybridized carbons (Fsp3) is 0.554. The monoisotopic (exact) mass is 950 g/mol. The summed E-state index contributed by atoms with van der Waals surface area (Å²) in [4.78, 5) is 36.2. The van der Waals surface area contributed by atoms with Gasteiger partial charge in [-0.3, -0.25) is 4.79 Å². The van der Waals surface area contributed by atoms with Crippen LogP contribution in [-0.4, -0.2) is 78.4 Å². The third kappa shape index (κ3) is 12.9. The van der Waals surface area contributed by atoms with Crippen molar-refractivity contribution in [2.45, 2.75) is 147 Å². The molecule has 0 radical (unpaired) electrons. The molecule has 3 aromatic rings. The number of fused-ring (bicyclic) bond motifs is 3. The van der Waals surface area contributed by atoms with E-state index in [1.165, 1.54) is 32.1 Å². The van der Waals surface area contributed by atoms with Crippen LogP contribution in [0, 0.1) is 17.8 Å². The number of aliphatic hydroxyl groups excluding tert-OH is 2. The van der Waals surface area contributed by atoms with Gasteiger partial charge in [0.25, 0.3) is 0 Å². The van der Waals surface area contributed by atoms with Gasteiger partial charge in [0.15, 0.2) is 11.5 Å². The molecule has 7 rings (SSSR count). The molecule has 4 aliphatic rings. The molecule has 13 heteroatoms. The SMILES string of the molecule is C=CCOC12Oc3ccc(OC(=O)NCc4ccccc4)cc3C3C(CCCCO)C(CCCCO)C=C(C(=NOC)CC1N(Cc1ccc4c(c1)OCO4)C(=O)CCCCCCCCCCC)C32. The average molecular weight is 950 g/mol. The van der Waals surface area contributed by atoms with E-state index in [9.17, 15) is 15.0 Å². The Kier molecular flexibility index (Phi) is 19.4. The van der Waals surface area contributed by atoms with Gasteiger partial charge < -0.3 is 49.0 Å². The molecule has 6 unspecified atom stereocenters. The maximum absolute atomic E-state index is 15.2. The highest BCUT2D eigenvalue weighted by molar-refractivity contribution is 6.03. The molecule has 2 aliphatic carbocycles. The second-order valence-corrected chi connectivity index (χ2v) is 19.0. The van der Waals surface area contributed by atoms with E-state index in [2.05, 4.69) is 24.9 Å². The Labute approximate surface area is 409 Å². The molecule has 2 amide bonds. The zero-order valence-corrected chi connectivity index (χ0v) is 40.9. The Morgan fingerprint density at radius 2 is 1.58 bits per heavy atom. The van der Waals surface area contributed by atoms with Gasteiger partial charge in [0, 0.05) is 50.6 Å². The molecular formula is C56H75N3O10. The molecule has 3 N–H and O–H groups in total. The Morgan fingerprint density at radius 3 is 2.32 bits per heavy atom. The number of allylic oxidation sites excluding steroid dienone is 1. The van der Waals surface area contributed by atoms with Crippen molar-refractivity contribution in [1.29, 1.82) is 0 Å². The first-order valence-electron chi connectivity index (χ1n) is 25.6. The lowest BCUT2D eigenvalue weighted by atomic mass is 9.55. The summed E-state index contributed by atoms with van der Waals surface area (Å²) in [6.07, 6.45) is 18.7. The Morgan fingerprint density at radius 1 is 0.855 bits per heavy atom. The molecular weight excluding hydrogens is 875 g/mol. The van der Waals surface area contributed by atoms with Gasteiger partial charge in [-0.2, -0.15) is 0 Å². The van der Waals surface area contributed by atoms with Crippen LogP contribution in [0.2, 0.25) is 0 Å². The van der Waals surface area contributed by atoms with Crippen LogP contribution in [0.3, 0.4) is 0 Å². The molecule has 2 aliphatic heterocycles. The van der Waals surface area contributed by atoms with E-state index in [-0.39, 0.29) is 63.2 Å². The normalized spacial score (nSPS) is 22.5. The number of rotatable bonds is 28. The van der Waals surface area contributed by atoms with Crippen molar-refractivity contribution >= 4 is 17.7 Å². The Balaban J connectivity index is 1.32. The van der Waals surface area contributed by atoms with Crippen LogP contribution in [0.25, 0.3) is 0 Å². The van der Waals surface area contributed by atoms with Gasteiger partial charge in [-0.1, -0.05) is 125 Å². The molecule has 374 valence electrons. The highest BCUT2D eigenvalue weighted by atomic mass is 16.7. The molecule has 1 saturated carbocycles. The van der Waals surface area contributed by atoms with E-state index in [0.29, 0.717) is 54.5 Å². The van der Waals surface area contributed by atoms with Crippen LogP contribution in [0.15, 0.2) is 96.2 Å². The Hall–Kier alpha value is -5.37. The molecule has 13 nitrogen and oxygen atoms in total. The summed E-state index contributed by atoms with van der Waals surface area (Å²) in [7, 11) is 1.55. The van der Waals surface area contributed by atoms with E-state index >= 15 is 4.79 Å². The van der Waals surface area contributed by atoms with Gasteiger partial charge in [0.1, 0.15) is 24.7 Å². The van der Waals surface area contributed by atoms with Crippen LogP contribution in [0.5, 0.6) is 23.0 Å². The number of hydrogen-bond donors (Lipinski definition) is 3. The van der Waals surface area contributed by atoms with E-state index in [1.807, 2.05) is 65.6 Å². The van der Waals surface area contributed by atoms with Crippen LogP contribution < -0.4 is 24.3 Å². The van der Waals surface area contributed by atoms with Crippen molar-refractivity contribution in [2.24, 2.45) is 22.9 Å². The zero-order chi connectivity index (χ0) is 48.4. The van der Waals surface area contributed by atoms with Gasteiger partial charge in [0.2, 0.25) is 18.5 Å². The van der Waals surface area contributed by atoms with Crippen LogP contribution in [0.4, 0.5) is 4.79 Å². The fourth-order valence-corrected chi connectivity index (χ4v) is 11.1. The van der Waals surface area contributed by atoms with E-state index < -0.39 is 23.8 Å². The number of amides is 2. The number of carbonyl (C=O) groups excluding carboxylic acids is 2. The quantitative estimate of drug-likeness (QED) is 0.0363. The smallest absolute Gasteiger partial charge is 0.412 e. The maximum Gasteiger partial charge on any atom is 0.412 e. The number of benzene rings is 3. The first kappa shape index (κ1) is 51.5. The molecule has 2 heterocycles. The molecule has 1 fully saturated rings. The highest BCUT2D eigenvalue weighted by Gasteiger charge is 2.65. The first-order valence-corrected chi connectivity index (χ1v) is 25.6. The summed E-state index contributed by atoms with van der Waals surface area (Å²) in [5.41, 5.74) is 4.32. The summed E-state index contributed by atoms with van der Waals surface area (Å²) in [5.74, 6) is 0.0448. The van der Waals surface area contributed by atoms with E-state index in [4.69, 9.17) is 33.7 Å². The van der Waals surface area contributed by atoms with Crippen molar-refractivity contribution in [2.75, 3.05) is 33.7 Å². The fourth-order valence-electron chi connectivity index (χ4n) is 11.1. The zero-order valence-electron chi connectivity index (χ0n) is 40.9. The number of hydrogen-bond acceptors (Lipinski definition) is 11. The van der Waals surface area contributed by atoms with Crippen molar-refractivity contribution in [1.82, 2.24) is 10.2 Å². The third-order valence-corrected chi connectivity index (χ3v) is 14.3. The second-order valence-electron chi connectivity index (χ2n) is 19.0. The molecule has 6 atom stereocenters. The molecule has 69 heavy (non-hydrogen) atoms. The van der Waals surface area contributed by atoms with Gasteiger partial charge >= 0.3 is 6.09 Å².